The quantitative estimate of drug-likeness (QED) is 0.852. The van der Waals surface area contributed by atoms with Gasteiger partial charge in [-0.3, -0.25) is 4.79 Å². The number of benzene rings is 1. The molecule has 1 aliphatic rings. The molecule has 1 aromatic carbocycles. The first-order chi connectivity index (χ1) is 11.2. The summed E-state index contributed by atoms with van der Waals surface area (Å²) in [6.45, 7) is 0.449. The van der Waals surface area contributed by atoms with E-state index in [1.54, 1.807) is 12.3 Å². The summed E-state index contributed by atoms with van der Waals surface area (Å²) in [7, 11) is 0. The highest BCUT2D eigenvalue weighted by molar-refractivity contribution is 5.78. The van der Waals surface area contributed by atoms with Crippen molar-refractivity contribution in [2.75, 3.05) is 5.32 Å². The number of anilines is 1. The second-order valence-electron chi connectivity index (χ2n) is 5.68. The van der Waals surface area contributed by atoms with Crippen LogP contribution < -0.4 is 15.8 Å². The van der Waals surface area contributed by atoms with E-state index in [2.05, 4.69) is 15.3 Å². The van der Waals surface area contributed by atoms with Crippen LogP contribution in [-0.2, 0) is 11.4 Å². The van der Waals surface area contributed by atoms with Crippen LogP contribution >= 0.6 is 0 Å². The van der Waals surface area contributed by atoms with Gasteiger partial charge in [0.15, 0.2) is 0 Å². The Morgan fingerprint density at radius 1 is 1.26 bits per heavy atom. The number of nitrogens with zero attached hydrogens (tertiary/aromatic N) is 2. The van der Waals surface area contributed by atoms with Gasteiger partial charge in [-0.15, -0.1) is 0 Å². The van der Waals surface area contributed by atoms with E-state index in [0.717, 1.165) is 24.8 Å². The minimum atomic E-state index is -0.267. The van der Waals surface area contributed by atoms with Crippen molar-refractivity contribution in [2.24, 2.45) is 11.7 Å². The Kier molecular flexibility index (Phi) is 4.71. The fraction of sp³-hybridized carbons (Fsp3) is 0.353. The van der Waals surface area contributed by atoms with Crippen LogP contribution in [0.2, 0.25) is 0 Å². The SMILES string of the molecule is NC(=O)[C@H]1CCC[C@@H]1Nc1nccc(OCc2ccccc2)n1. The van der Waals surface area contributed by atoms with E-state index < -0.39 is 0 Å². The zero-order valence-corrected chi connectivity index (χ0v) is 12.8. The normalized spacial score (nSPS) is 20.2. The molecule has 0 spiro atoms. The number of ether oxygens (including phenoxy) is 1. The number of hydrogen-bond donors (Lipinski definition) is 2. The van der Waals surface area contributed by atoms with E-state index >= 15 is 0 Å². The van der Waals surface area contributed by atoms with Crippen molar-refractivity contribution < 1.29 is 9.53 Å². The van der Waals surface area contributed by atoms with Crippen LogP contribution in [0.4, 0.5) is 5.95 Å². The van der Waals surface area contributed by atoms with Crippen LogP contribution in [0.25, 0.3) is 0 Å². The average Bonchev–Trinajstić information content (AvgIpc) is 3.03. The number of aromatic nitrogens is 2. The summed E-state index contributed by atoms with van der Waals surface area (Å²) >= 11 is 0. The van der Waals surface area contributed by atoms with Crippen LogP contribution in [0.15, 0.2) is 42.6 Å². The number of rotatable bonds is 6. The van der Waals surface area contributed by atoms with E-state index in [9.17, 15) is 4.79 Å². The van der Waals surface area contributed by atoms with E-state index in [4.69, 9.17) is 10.5 Å². The molecule has 6 nitrogen and oxygen atoms in total. The van der Waals surface area contributed by atoms with E-state index in [0.29, 0.717) is 18.4 Å². The monoisotopic (exact) mass is 312 g/mol. The van der Waals surface area contributed by atoms with Crippen molar-refractivity contribution in [3.05, 3.63) is 48.2 Å². The third-order valence-corrected chi connectivity index (χ3v) is 4.06. The molecule has 1 aromatic heterocycles. The average molecular weight is 312 g/mol. The molecule has 0 bridgehead atoms. The zero-order valence-electron chi connectivity index (χ0n) is 12.8. The molecule has 0 saturated heterocycles. The molecule has 1 heterocycles. The van der Waals surface area contributed by atoms with Gasteiger partial charge >= 0.3 is 0 Å². The number of carbonyl (C=O) groups excluding carboxylic acids is 1. The maximum atomic E-state index is 11.4. The standard InChI is InChI=1S/C17H20N4O2/c18-16(22)13-7-4-8-14(13)20-17-19-10-9-15(21-17)23-11-12-5-2-1-3-6-12/h1-3,5-6,9-10,13-14H,4,7-8,11H2,(H2,18,22)(H,19,20,21)/t13-,14-/m0/s1. The molecule has 0 radical (unpaired) electrons. The second kappa shape index (κ2) is 7.09. The van der Waals surface area contributed by atoms with Gasteiger partial charge in [-0.05, 0) is 18.4 Å². The lowest BCUT2D eigenvalue weighted by Gasteiger charge is -2.18. The molecule has 1 fully saturated rings. The molecule has 2 aromatic rings. The molecule has 0 aliphatic heterocycles. The van der Waals surface area contributed by atoms with Crippen LogP contribution in [0.5, 0.6) is 5.88 Å². The predicted octanol–water partition coefficient (Wildman–Crippen LogP) is 2.12. The Balaban J connectivity index is 1.62. The van der Waals surface area contributed by atoms with Gasteiger partial charge in [0, 0.05) is 18.3 Å². The Labute approximate surface area is 135 Å². The molecule has 6 heteroatoms. The Morgan fingerprint density at radius 3 is 2.87 bits per heavy atom. The summed E-state index contributed by atoms with van der Waals surface area (Å²) in [5.41, 5.74) is 6.51. The molecule has 2 atom stereocenters. The molecular weight excluding hydrogens is 292 g/mol. The van der Waals surface area contributed by atoms with Gasteiger partial charge < -0.3 is 15.8 Å². The van der Waals surface area contributed by atoms with Crippen molar-refractivity contribution >= 4 is 11.9 Å². The third kappa shape index (κ3) is 3.97. The Morgan fingerprint density at radius 2 is 2.09 bits per heavy atom. The van der Waals surface area contributed by atoms with Crippen molar-refractivity contribution in [2.45, 2.75) is 31.9 Å². The topological polar surface area (TPSA) is 90.1 Å². The maximum absolute atomic E-state index is 11.4. The fourth-order valence-electron chi connectivity index (χ4n) is 2.86. The molecule has 23 heavy (non-hydrogen) atoms. The predicted molar refractivity (Wildman–Crippen MR) is 86.8 cm³/mol. The van der Waals surface area contributed by atoms with Crippen LogP contribution in [0, 0.1) is 5.92 Å². The first-order valence-electron chi connectivity index (χ1n) is 7.78. The maximum Gasteiger partial charge on any atom is 0.226 e. The van der Waals surface area contributed by atoms with E-state index in [1.807, 2.05) is 30.3 Å². The molecule has 3 rings (SSSR count). The highest BCUT2D eigenvalue weighted by Gasteiger charge is 2.31. The number of primary amides is 1. The van der Waals surface area contributed by atoms with Gasteiger partial charge in [0.1, 0.15) is 6.61 Å². The summed E-state index contributed by atoms with van der Waals surface area (Å²) < 4.78 is 5.69. The number of nitrogens with one attached hydrogen (secondary N) is 1. The summed E-state index contributed by atoms with van der Waals surface area (Å²) in [5, 5.41) is 3.21. The summed E-state index contributed by atoms with van der Waals surface area (Å²) in [6.07, 6.45) is 4.34. The molecule has 0 unspecified atom stereocenters. The summed E-state index contributed by atoms with van der Waals surface area (Å²) in [4.78, 5) is 20.0. The van der Waals surface area contributed by atoms with Gasteiger partial charge in [-0.25, -0.2) is 4.98 Å². The fourth-order valence-corrected chi connectivity index (χ4v) is 2.86. The summed E-state index contributed by atoms with van der Waals surface area (Å²) in [6, 6.07) is 11.6. The molecule has 1 saturated carbocycles. The van der Waals surface area contributed by atoms with Crippen LogP contribution in [0.3, 0.4) is 0 Å². The highest BCUT2D eigenvalue weighted by Crippen LogP contribution is 2.27. The Hall–Kier alpha value is -2.63. The van der Waals surface area contributed by atoms with Crippen molar-refractivity contribution in [1.29, 1.82) is 0 Å². The molecule has 1 aliphatic carbocycles. The minimum Gasteiger partial charge on any atom is -0.473 e. The van der Waals surface area contributed by atoms with Gasteiger partial charge in [0.2, 0.25) is 17.7 Å². The van der Waals surface area contributed by atoms with E-state index in [1.165, 1.54) is 0 Å². The molecule has 3 N–H and O–H groups in total. The third-order valence-electron chi connectivity index (χ3n) is 4.06. The zero-order chi connectivity index (χ0) is 16.1. The number of hydrogen-bond acceptors (Lipinski definition) is 5. The first-order valence-corrected chi connectivity index (χ1v) is 7.78. The Bertz CT molecular complexity index is 663. The minimum absolute atomic E-state index is 0.00290. The van der Waals surface area contributed by atoms with Gasteiger partial charge in [-0.1, -0.05) is 36.8 Å². The number of amides is 1. The van der Waals surface area contributed by atoms with Gasteiger partial charge in [-0.2, -0.15) is 4.98 Å². The lowest BCUT2D eigenvalue weighted by atomic mass is 10.0. The highest BCUT2D eigenvalue weighted by atomic mass is 16.5. The lowest BCUT2D eigenvalue weighted by Crippen LogP contribution is -2.34. The van der Waals surface area contributed by atoms with Gasteiger partial charge in [0.25, 0.3) is 0 Å². The molecular formula is C17H20N4O2. The van der Waals surface area contributed by atoms with Crippen molar-refractivity contribution in [1.82, 2.24) is 9.97 Å². The van der Waals surface area contributed by atoms with Crippen molar-refractivity contribution in [3.63, 3.8) is 0 Å². The first kappa shape index (κ1) is 15.3. The second-order valence-corrected chi connectivity index (χ2v) is 5.68. The smallest absolute Gasteiger partial charge is 0.226 e. The number of carbonyl (C=O) groups is 1. The number of nitrogens with two attached hydrogens (primary N) is 1. The molecule has 120 valence electrons. The lowest BCUT2D eigenvalue weighted by molar-refractivity contribution is -0.121. The largest absolute Gasteiger partial charge is 0.473 e. The van der Waals surface area contributed by atoms with Gasteiger partial charge in [0.05, 0.1) is 5.92 Å². The van der Waals surface area contributed by atoms with Crippen molar-refractivity contribution in [3.8, 4) is 5.88 Å². The van der Waals surface area contributed by atoms with E-state index in [-0.39, 0.29) is 17.9 Å². The molecule has 1 amide bonds. The van der Waals surface area contributed by atoms with Crippen LogP contribution in [-0.4, -0.2) is 21.9 Å². The summed E-state index contributed by atoms with van der Waals surface area (Å²) in [5.74, 6) is 0.540. The van der Waals surface area contributed by atoms with Crippen LogP contribution in [0.1, 0.15) is 24.8 Å².